The molecule has 0 spiro atoms. The predicted molar refractivity (Wildman–Crippen MR) is 103 cm³/mol. The van der Waals surface area contributed by atoms with Crippen LogP contribution in [0, 0.1) is 0 Å². The van der Waals surface area contributed by atoms with Crippen LogP contribution >= 0.6 is 0 Å². The van der Waals surface area contributed by atoms with E-state index in [0.29, 0.717) is 31.9 Å². The number of ether oxygens (including phenoxy) is 1. The summed E-state index contributed by atoms with van der Waals surface area (Å²) in [5.74, 6) is 0.733. The third-order valence-corrected chi connectivity index (χ3v) is 3.71. The first kappa shape index (κ1) is 21.0. The van der Waals surface area contributed by atoms with Gasteiger partial charge in [-0.15, -0.1) is 0 Å². The van der Waals surface area contributed by atoms with Gasteiger partial charge >= 0.3 is 0 Å². The fraction of sp³-hybridized carbons (Fsp3) is 0.579. The largest absolute Gasteiger partial charge is 0.380 e. The normalized spacial score (nSPS) is 12.6. The zero-order valence-electron chi connectivity index (χ0n) is 15.9. The zero-order chi connectivity index (χ0) is 18.5. The van der Waals surface area contributed by atoms with Gasteiger partial charge in [0, 0.05) is 31.3 Å². The lowest BCUT2D eigenvalue weighted by molar-refractivity contribution is 0.0939. The number of nitrogens with one attached hydrogen (secondary N) is 3. The van der Waals surface area contributed by atoms with Gasteiger partial charge in [-0.3, -0.25) is 4.79 Å². The van der Waals surface area contributed by atoms with Crippen LogP contribution in [-0.4, -0.2) is 44.2 Å². The van der Waals surface area contributed by atoms with E-state index in [1.807, 2.05) is 45.0 Å². The van der Waals surface area contributed by atoms with Gasteiger partial charge in [0.25, 0.3) is 5.91 Å². The second kappa shape index (κ2) is 12.3. The van der Waals surface area contributed by atoms with Gasteiger partial charge in [0.05, 0.1) is 13.2 Å². The van der Waals surface area contributed by atoms with Gasteiger partial charge in [-0.05, 0) is 44.9 Å². The van der Waals surface area contributed by atoms with Crippen LogP contribution in [0.4, 0.5) is 0 Å². The summed E-state index contributed by atoms with van der Waals surface area (Å²) < 4.78 is 5.31. The predicted octanol–water partition coefficient (Wildman–Crippen LogP) is 2.31. The smallest absolute Gasteiger partial charge is 0.251 e. The molecule has 3 N–H and O–H groups in total. The lowest BCUT2D eigenvalue weighted by Crippen LogP contribution is -2.39. The summed E-state index contributed by atoms with van der Waals surface area (Å²) in [6.07, 6.45) is 0.919. The molecular weight excluding hydrogens is 316 g/mol. The second-order valence-corrected chi connectivity index (χ2v) is 5.80. The molecule has 0 bridgehead atoms. The Balaban J connectivity index is 2.57. The first-order chi connectivity index (χ1) is 12.1. The summed E-state index contributed by atoms with van der Waals surface area (Å²) >= 11 is 0. The van der Waals surface area contributed by atoms with E-state index < -0.39 is 0 Å². The Morgan fingerprint density at radius 2 is 1.88 bits per heavy atom. The number of carbonyl (C=O) groups excluding carboxylic acids is 1. The molecule has 0 aliphatic carbocycles. The van der Waals surface area contributed by atoms with E-state index in [-0.39, 0.29) is 11.9 Å². The second-order valence-electron chi connectivity index (χ2n) is 5.80. The van der Waals surface area contributed by atoms with Crippen molar-refractivity contribution in [2.75, 3.05) is 26.3 Å². The van der Waals surface area contributed by atoms with Gasteiger partial charge in [-0.2, -0.15) is 0 Å². The molecule has 0 saturated carbocycles. The summed E-state index contributed by atoms with van der Waals surface area (Å²) in [6, 6.07) is 7.76. The third-order valence-electron chi connectivity index (χ3n) is 3.71. The van der Waals surface area contributed by atoms with Crippen LogP contribution < -0.4 is 16.0 Å². The summed E-state index contributed by atoms with van der Waals surface area (Å²) in [6.45, 7) is 11.5. The number of carbonyl (C=O) groups is 1. The van der Waals surface area contributed by atoms with Gasteiger partial charge in [-0.1, -0.05) is 19.1 Å². The molecule has 0 radical (unpaired) electrons. The molecule has 0 aliphatic heterocycles. The van der Waals surface area contributed by atoms with Crippen molar-refractivity contribution in [2.24, 2.45) is 4.99 Å². The van der Waals surface area contributed by atoms with Crippen molar-refractivity contribution in [3.05, 3.63) is 35.4 Å². The van der Waals surface area contributed by atoms with Crippen molar-refractivity contribution in [3.8, 4) is 0 Å². The molecule has 25 heavy (non-hydrogen) atoms. The van der Waals surface area contributed by atoms with Gasteiger partial charge < -0.3 is 20.7 Å². The van der Waals surface area contributed by atoms with Gasteiger partial charge in [-0.25, -0.2) is 4.99 Å². The first-order valence-electron chi connectivity index (χ1n) is 9.10. The molecular formula is C19H32N4O2. The van der Waals surface area contributed by atoms with Crippen molar-refractivity contribution < 1.29 is 9.53 Å². The molecule has 1 unspecified atom stereocenters. The van der Waals surface area contributed by atoms with Crippen LogP contribution in [0.15, 0.2) is 29.3 Å². The number of amides is 1. The molecule has 1 rings (SSSR count). The third kappa shape index (κ3) is 8.54. The molecule has 140 valence electrons. The maximum absolute atomic E-state index is 12.1. The Morgan fingerprint density at radius 3 is 2.48 bits per heavy atom. The topological polar surface area (TPSA) is 74.8 Å². The molecule has 6 heteroatoms. The van der Waals surface area contributed by atoms with E-state index in [9.17, 15) is 4.79 Å². The standard InChI is InChI=1S/C19H32N4O2/c1-5-15(4)23-18(24)17-10-8-16(9-11-17)14-22-19(20-6-2)21-12-13-25-7-3/h8-11,15H,5-7,12-14H2,1-4H3,(H,23,24)(H2,20,21,22). The molecule has 0 saturated heterocycles. The zero-order valence-corrected chi connectivity index (χ0v) is 15.9. The highest BCUT2D eigenvalue weighted by Gasteiger charge is 2.08. The lowest BCUT2D eigenvalue weighted by atomic mass is 10.1. The van der Waals surface area contributed by atoms with E-state index in [1.165, 1.54) is 0 Å². The van der Waals surface area contributed by atoms with Gasteiger partial charge in [0.15, 0.2) is 5.96 Å². The molecule has 0 heterocycles. The van der Waals surface area contributed by atoms with Crippen molar-refractivity contribution in [3.63, 3.8) is 0 Å². The van der Waals surface area contributed by atoms with Crippen molar-refractivity contribution in [2.45, 2.75) is 46.7 Å². The number of rotatable bonds is 10. The number of nitrogens with zero attached hydrogens (tertiary/aromatic N) is 1. The van der Waals surface area contributed by atoms with Crippen LogP contribution in [0.1, 0.15) is 50.0 Å². The summed E-state index contributed by atoms with van der Waals surface area (Å²) in [5.41, 5.74) is 1.73. The first-order valence-corrected chi connectivity index (χ1v) is 9.10. The molecule has 6 nitrogen and oxygen atoms in total. The Hall–Kier alpha value is -2.08. The monoisotopic (exact) mass is 348 g/mol. The molecule has 1 aromatic carbocycles. The SMILES string of the molecule is CCNC(=NCc1ccc(C(=O)NC(C)CC)cc1)NCCOCC. The average molecular weight is 348 g/mol. The Morgan fingerprint density at radius 1 is 1.16 bits per heavy atom. The van der Waals surface area contributed by atoms with Gasteiger partial charge in [0.2, 0.25) is 0 Å². The Kier molecular flexibility index (Phi) is 10.3. The maximum Gasteiger partial charge on any atom is 0.251 e. The molecule has 0 aliphatic rings. The minimum Gasteiger partial charge on any atom is -0.380 e. The van der Waals surface area contributed by atoms with Gasteiger partial charge in [0.1, 0.15) is 0 Å². The van der Waals surface area contributed by atoms with Crippen LogP contribution in [0.25, 0.3) is 0 Å². The highest BCUT2D eigenvalue weighted by Crippen LogP contribution is 2.06. The average Bonchev–Trinajstić information content (AvgIpc) is 2.63. The van der Waals surface area contributed by atoms with Crippen LogP contribution in [-0.2, 0) is 11.3 Å². The minimum atomic E-state index is -0.0321. The number of hydrogen-bond donors (Lipinski definition) is 3. The Labute approximate surface area is 151 Å². The van der Waals surface area contributed by atoms with Crippen LogP contribution in [0.5, 0.6) is 0 Å². The van der Waals surface area contributed by atoms with Crippen molar-refractivity contribution >= 4 is 11.9 Å². The van der Waals surface area contributed by atoms with E-state index >= 15 is 0 Å². The van der Waals surface area contributed by atoms with E-state index in [4.69, 9.17) is 4.74 Å². The highest BCUT2D eigenvalue weighted by atomic mass is 16.5. The maximum atomic E-state index is 12.1. The molecule has 0 fully saturated rings. The fourth-order valence-corrected chi connectivity index (χ4v) is 2.07. The van der Waals surface area contributed by atoms with E-state index in [0.717, 1.165) is 24.5 Å². The van der Waals surface area contributed by atoms with Crippen LogP contribution in [0.2, 0.25) is 0 Å². The highest BCUT2D eigenvalue weighted by molar-refractivity contribution is 5.94. The molecule has 0 aromatic heterocycles. The number of guanidine groups is 1. The fourth-order valence-electron chi connectivity index (χ4n) is 2.07. The molecule has 1 amide bonds. The van der Waals surface area contributed by atoms with E-state index in [2.05, 4.69) is 27.9 Å². The molecule has 1 aromatic rings. The summed E-state index contributed by atoms with van der Waals surface area (Å²) in [7, 11) is 0. The summed E-state index contributed by atoms with van der Waals surface area (Å²) in [4.78, 5) is 16.6. The van der Waals surface area contributed by atoms with E-state index in [1.54, 1.807) is 0 Å². The Bertz CT molecular complexity index is 529. The number of aliphatic imine (C=N–C) groups is 1. The lowest BCUT2D eigenvalue weighted by Gasteiger charge is -2.12. The number of hydrogen-bond acceptors (Lipinski definition) is 3. The quantitative estimate of drug-likeness (QED) is 0.345. The minimum absolute atomic E-state index is 0.0321. The number of benzene rings is 1. The van der Waals surface area contributed by atoms with Crippen molar-refractivity contribution in [1.29, 1.82) is 0 Å². The summed E-state index contributed by atoms with van der Waals surface area (Å²) in [5, 5.41) is 9.41. The van der Waals surface area contributed by atoms with Crippen molar-refractivity contribution in [1.82, 2.24) is 16.0 Å². The molecule has 1 atom stereocenters. The van der Waals surface area contributed by atoms with Crippen LogP contribution in [0.3, 0.4) is 0 Å².